The van der Waals surface area contributed by atoms with E-state index in [9.17, 15) is 5.11 Å². The van der Waals surface area contributed by atoms with Gasteiger partial charge in [0.25, 0.3) is 0 Å². The highest BCUT2D eigenvalue weighted by Gasteiger charge is 2.12. The molecule has 0 fully saturated rings. The monoisotopic (exact) mass is 312 g/mol. The number of hydrogen-bond acceptors (Lipinski definition) is 3. The second-order valence-corrected chi connectivity index (χ2v) is 6.94. The minimum Gasteiger partial charge on any atom is -0.390 e. The molecule has 0 aliphatic carbocycles. The fraction of sp³-hybridized carbons (Fsp3) is 0.450. The Balaban J connectivity index is 1.78. The zero-order chi connectivity index (χ0) is 16.7. The summed E-state index contributed by atoms with van der Waals surface area (Å²) in [6, 6.07) is 14.8. The van der Waals surface area contributed by atoms with E-state index in [4.69, 9.17) is 0 Å². The van der Waals surface area contributed by atoms with E-state index in [2.05, 4.69) is 47.3 Å². The Hall–Kier alpha value is -1.71. The molecule has 0 atom stereocenters. The molecule has 0 unspecified atom stereocenters. The number of aryl methyl sites for hydroxylation is 1. The fourth-order valence-corrected chi connectivity index (χ4v) is 2.50. The van der Waals surface area contributed by atoms with Gasteiger partial charge in [-0.25, -0.2) is 0 Å². The van der Waals surface area contributed by atoms with Gasteiger partial charge in [-0.1, -0.05) is 30.3 Å². The maximum Gasteiger partial charge on any atom is 0.0594 e. The molecule has 0 amide bonds. The first-order valence-electron chi connectivity index (χ1n) is 8.31. The molecule has 124 valence electrons. The van der Waals surface area contributed by atoms with Gasteiger partial charge in [0.2, 0.25) is 0 Å². The van der Waals surface area contributed by atoms with Crippen LogP contribution in [0, 0.1) is 0 Å². The molecule has 3 nitrogen and oxygen atoms in total. The first-order valence-corrected chi connectivity index (χ1v) is 8.31. The molecule has 1 heterocycles. The lowest BCUT2D eigenvalue weighted by Gasteiger charge is -2.18. The maximum atomic E-state index is 9.79. The predicted molar refractivity (Wildman–Crippen MR) is 95.3 cm³/mol. The summed E-state index contributed by atoms with van der Waals surface area (Å²) in [6.45, 7) is 5.66. The first-order chi connectivity index (χ1) is 10.9. The number of pyridine rings is 1. The molecule has 1 aromatic carbocycles. The quantitative estimate of drug-likeness (QED) is 0.811. The molecule has 0 aliphatic heterocycles. The van der Waals surface area contributed by atoms with Gasteiger partial charge < -0.3 is 10.0 Å². The SMILES string of the molecule is CN(CCc1ccccn1)Cc1ccc(CCC(C)(C)O)cc1. The van der Waals surface area contributed by atoms with Gasteiger partial charge in [-0.3, -0.25) is 4.98 Å². The van der Waals surface area contributed by atoms with Gasteiger partial charge in [-0.05, 0) is 57.0 Å². The van der Waals surface area contributed by atoms with Crippen molar-refractivity contribution in [1.29, 1.82) is 0 Å². The van der Waals surface area contributed by atoms with Gasteiger partial charge in [0.15, 0.2) is 0 Å². The lowest BCUT2D eigenvalue weighted by Crippen LogP contribution is -2.21. The molecule has 3 heteroatoms. The molecular weight excluding hydrogens is 284 g/mol. The number of likely N-dealkylation sites (N-methyl/N-ethyl adjacent to an activating group) is 1. The largest absolute Gasteiger partial charge is 0.390 e. The number of nitrogens with zero attached hydrogens (tertiary/aromatic N) is 2. The summed E-state index contributed by atoms with van der Waals surface area (Å²) >= 11 is 0. The Labute approximate surface area is 140 Å². The smallest absolute Gasteiger partial charge is 0.0594 e. The second kappa shape index (κ2) is 8.23. The van der Waals surface area contributed by atoms with Crippen LogP contribution >= 0.6 is 0 Å². The second-order valence-electron chi connectivity index (χ2n) is 6.94. The number of aromatic nitrogens is 1. The standard InChI is InChI=1S/C20H28N2O/c1-20(2,23)13-11-17-7-9-18(10-8-17)16-22(3)15-12-19-6-4-5-14-21-19/h4-10,14,23H,11-13,15-16H2,1-3H3. The molecule has 23 heavy (non-hydrogen) atoms. The van der Waals surface area contributed by atoms with Crippen LogP contribution in [0.3, 0.4) is 0 Å². The van der Waals surface area contributed by atoms with Gasteiger partial charge >= 0.3 is 0 Å². The molecule has 0 aliphatic rings. The average molecular weight is 312 g/mol. The predicted octanol–water partition coefficient (Wildman–Crippen LogP) is 3.46. The molecule has 1 aromatic heterocycles. The summed E-state index contributed by atoms with van der Waals surface area (Å²) in [4.78, 5) is 6.68. The summed E-state index contributed by atoms with van der Waals surface area (Å²) < 4.78 is 0. The van der Waals surface area contributed by atoms with E-state index in [0.717, 1.165) is 38.0 Å². The van der Waals surface area contributed by atoms with Gasteiger partial charge in [0, 0.05) is 31.4 Å². The topological polar surface area (TPSA) is 36.4 Å². The van der Waals surface area contributed by atoms with Crippen LogP contribution in [0.1, 0.15) is 37.1 Å². The Kier molecular flexibility index (Phi) is 6.31. The first kappa shape index (κ1) is 17.6. The van der Waals surface area contributed by atoms with Crippen molar-refractivity contribution < 1.29 is 5.11 Å². The highest BCUT2D eigenvalue weighted by Crippen LogP contribution is 2.14. The summed E-state index contributed by atoms with van der Waals surface area (Å²) in [7, 11) is 2.14. The van der Waals surface area contributed by atoms with Crippen molar-refractivity contribution in [2.45, 2.75) is 45.3 Å². The van der Waals surface area contributed by atoms with Gasteiger partial charge in [-0.15, -0.1) is 0 Å². The van der Waals surface area contributed by atoms with Crippen LogP contribution < -0.4 is 0 Å². The number of rotatable bonds is 8. The number of benzene rings is 1. The Morgan fingerprint density at radius 1 is 1.00 bits per heavy atom. The third-order valence-electron chi connectivity index (χ3n) is 3.98. The molecule has 0 saturated heterocycles. The van der Waals surface area contributed by atoms with Crippen molar-refractivity contribution in [3.63, 3.8) is 0 Å². The summed E-state index contributed by atoms with van der Waals surface area (Å²) in [5.41, 5.74) is 3.15. The van der Waals surface area contributed by atoms with E-state index in [-0.39, 0.29) is 0 Å². The van der Waals surface area contributed by atoms with Crippen molar-refractivity contribution in [2.75, 3.05) is 13.6 Å². The van der Waals surface area contributed by atoms with Gasteiger partial charge in [-0.2, -0.15) is 0 Å². The molecule has 1 N–H and O–H groups in total. The summed E-state index contributed by atoms with van der Waals surface area (Å²) in [6.07, 6.45) is 4.53. The van der Waals surface area contributed by atoms with Gasteiger partial charge in [0.05, 0.1) is 5.60 Å². The molecule has 0 saturated carbocycles. The van der Waals surface area contributed by atoms with Crippen LogP contribution in [0.5, 0.6) is 0 Å². The third kappa shape index (κ3) is 6.93. The number of hydrogen-bond donors (Lipinski definition) is 1. The summed E-state index contributed by atoms with van der Waals surface area (Å²) in [5, 5.41) is 9.79. The van der Waals surface area contributed by atoms with E-state index in [1.165, 1.54) is 11.1 Å². The average Bonchev–Trinajstić information content (AvgIpc) is 2.53. The highest BCUT2D eigenvalue weighted by molar-refractivity contribution is 5.22. The fourth-order valence-electron chi connectivity index (χ4n) is 2.50. The van der Waals surface area contributed by atoms with Crippen molar-refractivity contribution >= 4 is 0 Å². The van der Waals surface area contributed by atoms with E-state index < -0.39 is 5.60 Å². The van der Waals surface area contributed by atoms with Crippen LogP contribution in [-0.2, 0) is 19.4 Å². The Morgan fingerprint density at radius 2 is 1.70 bits per heavy atom. The third-order valence-corrected chi connectivity index (χ3v) is 3.98. The number of aliphatic hydroxyl groups is 1. The summed E-state index contributed by atoms with van der Waals surface area (Å²) in [5.74, 6) is 0. The Morgan fingerprint density at radius 3 is 2.30 bits per heavy atom. The van der Waals surface area contributed by atoms with Crippen LogP contribution in [0.15, 0.2) is 48.7 Å². The van der Waals surface area contributed by atoms with Crippen molar-refractivity contribution in [3.05, 3.63) is 65.5 Å². The molecule has 2 rings (SSSR count). The van der Waals surface area contributed by atoms with E-state index in [1.54, 1.807) is 0 Å². The van der Waals surface area contributed by atoms with E-state index >= 15 is 0 Å². The Bertz CT molecular complexity index is 573. The van der Waals surface area contributed by atoms with Crippen molar-refractivity contribution in [2.24, 2.45) is 0 Å². The molecule has 0 bridgehead atoms. The highest BCUT2D eigenvalue weighted by atomic mass is 16.3. The normalized spacial score (nSPS) is 11.9. The lowest BCUT2D eigenvalue weighted by atomic mass is 9.98. The van der Waals surface area contributed by atoms with E-state index in [1.807, 2.05) is 32.2 Å². The zero-order valence-corrected chi connectivity index (χ0v) is 14.5. The minimum atomic E-state index is -0.593. The van der Waals surface area contributed by atoms with Crippen LogP contribution in [0.4, 0.5) is 0 Å². The molecule has 2 aromatic rings. The zero-order valence-electron chi connectivity index (χ0n) is 14.5. The van der Waals surface area contributed by atoms with Crippen LogP contribution in [-0.4, -0.2) is 34.2 Å². The molecule has 0 radical (unpaired) electrons. The van der Waals surface area contributed by atoms with Crippen molar-refractivity contribution in [3.8, 4) is 0 Å². The van der Waals surface area contributed by atoms with E-state index in [0.29, 0.717) is 0 Å². The van der Waals surface area contributed by atoms with Crippen molar-refractivity contribution in [1.82, 2.24) is 9.88 Å². The minimum absolute atomic E-state index is 0.593. The van der Waals surface area contributed by atoms with Gasteiger partial charge in [0.1, 0.15) is 0 Å². The lowest BCUT2D eigenvalue weighted by molar-refractivity contribution is 0.0714. The van der Waals surface area contributed by atoms with Crippen LogP contribution in [0.25, 0.3) is 0 Å². The molecule has 0 spiro atoms. The molecular formula is C20H28N2O. The maximum absolute atomic E-state index is 9.79. The van der Waals surface area contributed by atoms with Crippen LogP contribution in [0.2, 0.25) is 0 Å².